The van der Waals surface area contributed by atoms with Crippen molar-refractivity contribution in [2.45, 2.75) is 27.2 Å². The van der Waals surface area contributed by atoms with Crippen LogP contribution in [0.2, 0.25) is 0 Å². The lowest BCUT2D eigenvalue weighted by Gasteiger charge is -2.08. The molecule has 6 heteroatoms. The predicted octanol–water partition coefficient (Wildman–Crippen LogP) is 1.59. The lowest BCUT2D eigenvalue weighted by molar-refractivity contribution is -0.118. The van der Waals surface area contributed by atoms with Gasteiger partial charge in [0.25, 0.3) is 5.91 Å². The molecule has 5 nitrogen and oxygen atoms in total. The SMILES string of the molecule is CCc1cc(C(=O)NCCN)c(NC(=O)C(C)C)s1. The van der Waals surface area contributed by atoms with E-state index in [0.717, 1.165) is 11.3 Å². The molecule has 0 aliphatic heterocycles. The van der Waals surface area contributed by atoms with Crippen molar-refractivity contribution in [3.63, 3.8) is 0 Å². The average Bonchev–Trinajstić information content (AvgIpc) is 2.78. The Morgan fingerprint density at radius 2 is 2.11 bits per heavy atom. The fourth-order valence-electron chi connectivity index (χ4n) is 1.41. The molecule has 0 unspecified atom stereocenters. The number of carbonyl (C=O) groups is 2. The lowest BCUT2D eigenvalue weighted by Crippen LogP contribution is -2.29. The molecular weight excluding hydrogens is 262 g/mol. The van der Waals surface area contributed by atoms with Crippen molar-refractivity contribution in [1.29, 1.82) is 0 Å². The second-order valence-corrected chi connectivity index (χ2v) is 5.63. The Kier molecular flexibility index (Phi) is 5.98. The highest BCUT2D eigenvalue weighted by atomic mass is 32.1. The zero-order chi connectivity index (χ0) is 14.4. The highest BCUT2D eigenvalue weighted by Gasteiger charge is 2.18. The summed E-state index contributed by atoms with van der Waals surface area (Å²) in [5, 5.41) is 6.15. The van der Waals surface area contributed by atoms with E-state index in [0.29, 0.717) is 23.7 Å². The predicted molar refractivity (Wildman–Crippen MR) is 78.6 cm³/mol. The Bertz CT molecular complexity index is 455. The summed E-state index contributed by atoms with van der Waals surface area (Å²) in [6, 6.07) is 1.83. The van der Waals surface area contributed by atoms with Crippen molar-refractivity contribution < 1.29 is 9.59 Å². The van der Waals surface area contributed by atoms with E-state index in [4.69, 9.17) is 5.73 Å². The van der Waals surface area contributed by atoms with E-state index in [1.54, 1.807) is 0 Å². The molecule has 1 aromatic heterocycles. The number of aryl methyl sites for hydroxylation is 1. The minimum atomic E-state index is -0.194. The minimum Gasteiger partial charge on any atom is -0.351 e. The van der Waals surface area contributed by atoms with Crippen molar-refractivity contribution in [3.05, 3.63) is 16.5 Å². The highest BCUT2D eigenvalue weighted by Crippen LogP contribution is 2.29. The molecule has 0 saturated carbocycles. The number of anilines is 1. The van der Waals surface area contributed by atoms with E-state index in [1.165, 1.54) is 11.3 Å². The fraction of sp³-hybridized carbons (Fsp3) is 0.538. The molecule has 0 fully saturated rings. The first kappa shape index (κ1) is 15.7. The summed E-state index contributed by atoms with van der Waals surface area (Å²) in [6.45, 7) is 6.47. The fourth-order valence-corrected chi connectivity index (χ4v) is 2.41. The third kappa shape index (κ3) is 4.33. The van der Waals surface area contributed by atoms with Crippen molar-refractivity contribution in [2.24, 2.45) is 11.7 Å². The summed E-state index contributed by atoms with van der Waals surface area (Å²) in [4.78, 5) is 24.8. The zero-order valence-electron chi connectivity index (χ0n) is 11.6. The van der Waals surface area contributed by atoms with Crippen LogP contribution in [0.4, 0.5) is 5.00 Å². The monoisotopic (exact) mass is 283 g/mol. The molecule has 0 bridgehead atoms. The van der Waals surface area contributed by atoms with E-state index in [1.807, 2.05) is 26.8 Å². The third-order valence-corrected chi connectivity index (χ3v) is 3.76. The maximum Gasteiger partial charge on any atom is 0.254 e. The Balaban J connectivity index is 2.92. The summed E-state index contributed by atoms with van der Waals surface area (Å²) < 4.78 is 0. The zero-order valence-corrected chi connectivity index (χ0v) is 12.4. The van der Waals surface area contributed by atoms with Gasteiger partial charge in [-0.15, -0.1) is 11.3 Å². The molecule has 19 heavy (non-hydrogen) atoms. The quantitative estimate of drug-likeness (QED) is 0.741. The molecule has 0 atom stereocenters. The number of rotatable bonds is 6. The molecule has 0 spiro atoms. The van der Waals surface area contributed by atoms with Crippen LogP contribution in [0.25, 0.3) is 0 Å². The number of hydrogen-bond acceptors (Lipinski definition) is 4. The standard InChI is InChI=1S/C13H21N3O2S/c1-4-9-7-10(12(18)15-6-5-14)13(19-9)16-11(17)8(2)3/h7-8H,4-6,14H2,1-3H3,(H,15,18)(H,16,17). The normalized spacial score (nSPS) is 10.6. The lowest BCUT2D eigenvalue weighted by atomic mass is 10.2. The second-order valence-electron chi connectivity index (χ2n) is 4.50. The molecular formula is C13H21N3O2S. The van der Waals surface area contributed by atoms with Gasteiger partial charge in [-0.05, 0) is 12.5 Å². The molecule has 1 heterocycles. The van der Waals surface area contributed by atoms with Crippen molar-refractivity contribution in [3.8, 4) is 0 Å². The Morgan fingerprint density at radius 1 is 1.42 bits per heavy atom. The van der Waals surface area contributed by atoms with E-state index < -0.39 is 0 Å². The van der Waals surface area contributed by atoms with Gasteiger partial charge >= 0.3 is 0 Å². The maximum atomic E-state index is 12.0. The van der Waals surface area contributed by atoms with Crippen LogP contribution < -0.4 is 16.4 Å². The summed E-state index contributed by atoms with van der Waals surface area (Å²) in [6.07, 6.45) is 0.833. The van der Waals surface area contributed by atoms with Gasteiger partial charge in [0.1, 0.15) is 5.00 Å². The molecule has 0 saturated heterocycles. The minimum absolute atomic E-state index is 0.0858. The molecule has 1 rings (SSSR count). The first-order valence-electron chi connectivity index (χ1n) is 6.41. The van der Waals surface area contributed by atoms with Gasteiger partial charge < -0.3 is 16.4 Å². The van der Waals surface area contributed by atoms with Gasteiger partial charge in [0, 0.05) is 23.9 Å². The van der Waals surface area contributed by atoms with Gasteiger partial charge in [0.2, 0.25) is 5.91 Å². The van der Waals surface area contributed by atoms with Crippen LogP contribution in [-0.4, -0.2) is 24.9 Å². The molecule has 0 aromatic carbocycles. The number of nitrogens with two attached hydrogens (primary N) is 1. The topological polar surface area (TPSA) is 84.2 Å². The first-order valence-corrected chi connectivity index (χ1v) is 7.23. The molecule has 106 valence electrons. The van der Waals surface area contributed by atoms with E-state index >= 15 is 0 Å². The van der Waals surface area contributed by atoms with Crippen LogP contribution in [0.3, 0.4) is 0 Å². The van der Waals surface area contributed by atoms with Crippen LogP contribution in [-0.2, 0) is 11.2 Å². The summed E-state index contributed by atoms with van der Waals surface area (Å²) in [5.41, 5.74) is 5.88. The maximum absolute atomic E-state index is 12.0. The largest absolute Gasteiger partial charge is 0.351 e. The van der Waals surface area contributed by atoms with Crippen LogP contribution >= 0.6 is 11.3 Å². The number of nitrogens with one attached hydrogen (secondary N) is 2. The van der Waals surface area contributed by atoms with Gasteiger partial charge in [-0.2, -0.15) is 0 Å². The van der Waals surface area contributed by atoms with Crippen LogP contribution in [0.1, 0.15) is 36.0 Å². The van der Waals surface area contributed by atoms with Crippen molar-refractivity contribution >= 4 is 28.2 Å². The van der Waals surface area contributed by atoms with Gasteiger partial charge in [0.15, 0.2) is 0 Å². The van der Waals surface area contributed by atoms with Crippen LogP contribution in [0.5, 0.6) is 0 Å². The number of hydrogen-bond donors (Lipinski definition) is 3. The van der Waals surface area contributed by atoms with Gasteiger partial charge in [-0.1, -0.05) is 20.8 Å². The Morgan fingerprint density at radius 3 is 2.63 bits per heavy atom. The molecule has 2 amide bonds. The average molecular weight is 283 g/mol. The van der Waals surface area contributed by atoms with E-state index in [2.05, 4.69) is 10.6 Å². The van der Waals surface area contributed by atoms with Gasteiger partial charge in [-0.3, -0.25) is 9.59 Å². The van der Waals surface area contributed by atoms with Gasteiger partial charge in [0.05, 0.1) is 5.56 Å². The van der Waals surface area contributed by atoms with E-state index in [-0.39, 0.29) is 17.7 Å². The molecule has 0 aliphatic carbocycles. The number of amides is 2. The molecule has 0 aliphatic rings. The van der Waals surface area contributed by atoms with Gasteiger partial charge in [-0.25, -0.2) is 0 Å². The summed E-state index contributed by atoms with van der Waals surface area (Å²) >= 11 is 1.44. The molecule has 4 N–H and O–H groups in total. The number of thiophene rings is 1. The third-order valence-electron chi connectivity index (χ3n) is 2.57. The smallest absolute Gasteiger partial charge is 0.254 e. The van der Waals surface area contributed by atoms with Crippen LogP contribution in [0, 0.1) is 5.92 Å². The number of carbonyl (C=O) groups excluding carboxylic acids is 2. The Hall–Kier alpha value is -1.40. The van der Waals surface area contributed by atoms with E-state index in [9.17, 15) is 9.59 Å². The molecule has 1 aromatic rings. The van der Waals surface area contributed by atoms with Crippen molar-refractivity contribution in [1.82, 2.24) is 5.32 Å². The summed E-state index contributed by atoms with van der Waals surface area (Å²) in [7, 11) is 0. The van der Waals surface area contributed by atoms with Crippen molar-refractivity contribution in [2.75, 3.05) is 18.4 Å². The second kappa shape index (κ2) is 7.25. The van der Waals surface area contributed by atoms with Crippen LogP contribution in [0.15, 0.2) is 6.07 Å². The Labute approximate surface area is 117 Å². The highest BCUT2D eigenvalue weighted by molar-refractivity contribution is 7.16. The molecule has 0 radical (unpaired) electrons. The summed E-state index contributed by atoms with van der Waals surface area (Å²) in [5.74, 6) is -0.398. The first-order chi connectivity index (χ1) is 8.99.